The van der Waals surface area contributed by atoms with Crippen LogP contribution in [0.15, 0.2) is 47.4 Å². The lowest BCUT2D eigenvalue weighted by Gasteiger charge is -2.32. The van der Waals surface area contributed by atoms with Crippen LogP contribution in [0.1, 0.15) is 30.1 Å². The Balaban J connectivity index is 1.59. The lowest BCUT2D eigenvalue weighted by atomic mass is 10.0. The molecule has 2 aromatic rings. The van der Waals surface area contributed by atoms with Gasteiger partial charge in [-0.1, -0.05) is 0 Å². The molecule has 0 aliphatic carbocycles. The number of anilines is 1. The molecule has 0 radical (unpaired) electrons. The molecule has 9 nitrogen and oxygen atoms in total. The standard InChI is InChI=1S/C20H23N3O6S/c1-13(24)21-15-2-4-19(5-3-15)30(28,29)22-16-6-8-23(9-7-16)20(27)14-10-17(25)12-18(26)11-14/h2-5,10-12,16,22,25-26H,6-9H2,1H3,(H,21,24). The van der Waals surface area contributed by atoms with Gasteiger partial charge in [-0.25, -0.2) is 13.1 Å². The summed E-state index contributed by atoms with van der Waals surface area (Å²) in [6.45, 7) is 2.04. The van der Waals surface area contributed by atoms with E-state index in [0.717, 1.165) is 6.07 Å². The predicted octanol–water partition coefficient (Wildman–Crippen LogP) is 1.64. The van der Waals surface area contributed by atoms with Gasteiger partial charge in [0.05, 0.1) is 4.90 Å². The summed E-state index contributed by atoms with van der Waals surface area (Å²) in [4.78, 5) is 25.3. The molecule has 10 heteroatoms. The fourth-order valence-corrected chi connectivity index (χ4v) is 4.61. The minimum atomic E-state index is -3.74. The summed E-state index contributed by atoms with van der Waals surface area (Å²) in [5.41, 5.74) is 0.678. The highest BCUT2D eigenvalue weighted by Crippen LogP contribution is 2.23. The number of carbonyl (C=O) groups excluding carboxylic acids is 2. The first kappa shape index (κ1) is 21.6. The zero-order valence-corrected chi connectivity index (χ0v) is 17.1. The molecule has 2 aromatic carbocycles. The van der Waals surface area contributed by atoms with E-state index in [-0.39, 0.29) is 39.8 Å². The minimum absolute atomic E-state index is 0.0883. The van der Waals surface area contributed by atoms with Crippen molar-refractivity contribution in [1.82, 2.24) is 9.62 Å². The molecular weight excluding hydrogens is 410 g/mol. The van der Waals surface area contributed by atoms with Gasteiger partial charge >= 0.3 is 0 Å². The van der Waals surface area contributed by atoms with E-state index in [1.807, 2.05) is 0 Å². The molecule has 1 aliphatic heterocycles. The number of hydrogen-bond donors (Lipinski definition) is 4. The van der Waals surface area contributed by atoms with E-state index in [1.165, 1.54) is 43.3 Å². The Morgan fingerprint density at radius 3 is 2.10 bits per heavy atom. The van der Waals surface area contributed by atoms with Crippen molar-refractivity contribution in [2.24, 2.45) is 0 Å². The van der Waals surface area contributed by atoms with Crippen molar-refractivity contribution in [2.45, 2.75) is 30.7 Å². The van der Waals surface area contributed by atoms with Gasteiger partial charge in [-0.05, 0) is 49.2 Å². The molecule has 0 aromatic heterocycles. The Kier molecular flexibility index (Phi) is 6.28. The smallest absolute Gasteiger partial charge is 0.254 e. The second-order valence-electron chi connectivity index (χ2n) is 7.13. The number of nitrogens with one attached hydrogen (secondary N) is 2. The molecule has 1 heterocycles. The number of piperidine rings is 1. The topological polar surface area (TPSA) is 136 Å². The van der Waals surface area contributed by atoms with Crippen LogP contribution in [0.25, 0.3) is 0 Å². The maximum absolute atomic E-state index is 12.6. The fourth-order valence-electron chi connectivity index (χ4n) is 3.31. The first-order valence-electron chi connectivity index (χ1n) is 9.36. The molecule has 1 fully saturated rings. The van der Waals surface area contributed by atoms with E-state index >= 15 is 0 Å². The van der Waals surface area contributed by atoms with Gasteiger partial charge in [-0.15, -0.1) is 0 Å². The average molecular weight is 433 g/mol. The molecule has 0 unspecified atom stereocenters. The van der Waals surface area contributed by atoms with Gasteiger partial charge in [0.15, 0.2) is 0 Å². The van der Waals surface area contributed by atoms with Crippen LogP contribution in [0.4, 0.5) is 5.69 Å². The molecule has 1 aliphatic rings. The van der Waals surface area contributed by atoms with E-state index in [1.54, 1.807) is 4.90 Å². The van der Waals surface area contributed by atoms with Crippen LogP contribution >= 0.6 is 0 Å². The van der Waals surface area contributed by atoms with Crippen molar-refractivity contribution in [3.05, 3.63) is 48.0 Å². The largest absolute Gasteiger partial charge is 0.508 e. The summed E-state index contributed by atoms with van der Waals surface area (Å²) in [5, 5.41) is 21.7. The Morgan fingerprint density at radius 2 is 1.57 bits per heavy atom. The lowest BCUT2D eigenvalue weighted by molar-refractivity contribution is -0.114. The zero-order chi connectivity index (χ0) is 21.9. The molecule has 30 heavy (non-hydrogen) atoms. The van der Waals surface area contributed by atoms with E-state index in [0.29, 0.717) is 31.6 Å². The molecule has 160 valence electrons. The number of benzene rings is 2. The van der Waals surface area contributed by atoms with Crippen LogP contribution in [-0.4, -0.2) is 54.5 Å². The number of carbonyl (C=O) groups is 2. The summed E-state index contributed by atoms with van der Waals surface area (Å²) in [7, 11) is -3.74. The SMILES string of the molecule is CC(=O)Nc1ccc(S(=O)(=O)NC2CCN(C(=O)c3cc(O)cc(O)c3)CC2)cc1. The third-order valence-corrected chi connectivity index (χ3v) is 6.27. The molecule has 3 rings (SSSR count). The molecule has 0 atom stereocenters. The van der Waals surface area contributed by atoms with Crippen LogP contribution in [0.5, 0.6) is 11.5 Å². The molecule has 4 N–H and O–H groups in total. The number of phenols is 2. The van der Waals surface area contributed by atoms with Gasteiger partial charge < -0.3 is 20.4 Å². The highest BCUT2D eigenvalue weighted by Gasteiger charge is 2.27. The van der Waals surface area contributed by atoms with E-state index in [9.17, 15) is 28.2 Å². The number of rotatable bonds is 5. The highest BCUT2D eigenvalue weighted by atomic mass is 32.2. The van der Waals surface area contributed by atoms with Gasteiger partial charge in [0.25, 0.3) is 5.91 Å². The van der Waals surface area contributed by atoms with Gasteiger partial charge in [0.1, 0.15) is 11.5 Å². The van der Waals surface area contributed by atoms with Crippen molar-refractivity contribution in [3.63, 3.8) is 0 Å². The van der Waals surface area contributed by atoms with Crippen LogP contribution in [-0.2, 0) is 14.8 Å². The van der Waals surface area contributed by atoms with Gasteiger partial charge in [0, 0.05) is 43.4 Å². The third-order valence-electron chi connectivity index (χ3n) is 4.74. The van der Waals surface area contributed by atoms with Crippen LogP contribution in [0, 0.1) is 0 Å². The summed E-state index contributed by atoms with van der Waals surface area (Å²) in [5.74, 6) is -0.988. The first-order chi connectivity index (χ1) is 14.1. The van der Waals surface area contributed by atoms with Crippen molar-refractivity contribution in [2.75, 3.05) is 18.4 Å². The molecule has 0 spiro atoms. The molecule has 1 saturated heterocycles. The maximum atomic E-state index is 12.6. The average Bonchev–Trinajstić information content (AvgIpc) is 2.67. The van der Waals surface area contributed by atoms with E-state index in [4.69, 9.17) is 0 Å². The number of amides is 2. The number of phenolic OH excluding ortho intramolecular Hbond substituents is 2. The number of aromatic hydroxyl groups is 2. The summed E-state index contributed by atoms with van der Waals surface area (Å²) >= 11 is 0. The Hall–Kier alpha value is -3.11. The van der Waals surface area contributed by atoms with Crippen LogP contribution in [0.3, 0.4) is 0 Å². The Labute approximate surface area is 174 Å². The third kappa shape index (κ3) is 5.28. The van der Waals surface area contributed by atoms with Gasteiger partial charge in [-0.2, -0.15) is 0 Å². The quantitative estimate of drug-likeness (QED) is 0.566. The molecule has 0 bridgehead atoms. The van der Waals surface area contributed by atoms with E-state index in [2.05, 4.69) is 10.0 Å². The second kappa shape index (κ2) is 8.72. The summed E-state index contributed by atoms with van der Waals surface area (Å²) in [6.07, 6.45) is 0.861. The minimum Gasteiger partial charge on any atom is -0.508 e. The Morgan fingerprint density at radius 1 is 1.00 bits per heavy atom. The van der Waals surface area contributed by atoms with Crippen molar-refractivity contribution >= 4 is 27.5 Å². The van der Waals surface area contributed by atoms with Crippen molar-refractivity contribution < 1.29 is 28.2 Å². The van der Waals surface area contributed by atoms with Gasteiger partial charge in [0.2, 0.25) is 15.9 Å². The summed E-state index contributed by atoms with van der Waals surface area (Å²) in [6, 6.07) is 9.24. The first-order valence-corrected chi connectivity index (χ1v) is 10.8. The number of hydrogen-bond acceptors (Lipinski definition) is 6. The molecular formula is C20H23N3O6S. The zero-order valence-electron chi connectivity index (χ0n) is 16.3. The number of nitrogens with zero attached hydrogens (tertiary/aromatic N) is 1. The van der Waals surface area contributed by atoms with Crippen molar-refractivity contribution in [3.8, 4) is 11.5 Å². The van der Waals surface area contributed by atoms with Crippen molar-refractivity contribution in [1.29, 1.82) is 0 Å². The second-order valence-corrected chi connectivity index (χ2v) is 8.85. The molecule has 2 amide bonds. The van der Waals surface area contributed by atoms with Crippen LogP contribution in [0.2, 0.25) is 0 Å². The maximum Gasteiger partial charge on any atom is 0.254 e. The van der Waals surface area contributed by atoms with E-state index < -0.39 is 10.0 Å². The lowest BCUT2D eigenvalue weighted by Crippen LogP contribution is -2.46. The highest BCUT2D eigenvalue weighted by molar-refractivity contribution is 7.89. The number of sulfonamides is 1. The predicted molar refractivity (Wildman–Crippen MR) is 110 cm³/mol. The number of likely N-dealkylation sites (tertiary alicyclic amines) is 1. The van der Waals surface area contributed by atoms with Gasteiger partial charge in [-0.3, -0.25) is 9.59 Å². The monoisotopic (exact) mass is 433 g/mol. The molecule has 0 saturated carbocycles. The van der Waals surface area contributed by atoms with Crippen LogP contribution < -0.4 is 10.0 Å². The normalized spacial score (nSPS) is 15.0. The fraction of sp³-hybridized carbons (Fsp3) is 0.300. The Bertz CT molecular complexity index is 1020. The summed E-state index contributed by atoms with van der Waals surface area (Å²) < 4.78 is 27.9.